The molecular weight excluding hydrogens is 252 g/mol. The van der Waals surface area contributed by atoms with Crippen LogP contribution in [0.3, 0.4) is 0 Å². The van der Waals surface area contributed by atoms with Crippen molar-refractivity contribution < 1.29 is 0 Å². The zero-order valence-electron chi connectivity index (χ0n) is 11.2. The van der Waals surface area contributed by atoms with Crippen LogP contribution in [0.2, 0.25) is 0 Å². The Balaban J connectivity index is 2.07. The summed E-state index contributed by atoms with van der Waals surface area (Å²) in [7, 11) is 1.93. The highest BCUT2D eigenvalue weighted by atomic mass is 16.1. The lowest BCUT2D eigenvalue weighted by Gasteiger charge is -2.17. The van der Waals surface area contributed by atoms with Crippen molar-refractivity contribution in [1.29, 1.82) is 0 Å². The molecule has 2 aromatic heterocycles. The van der Waals surface area contributed by atoms with Crippen molar-refractivity contribution >= 4 is 11.0 Å². The number of fused-ring (bicyclic) bond motifs is 1. The van der Waals surface area contributed by atoms with E-state index in [0.29, 0.717) is 0 Å². The Hall–Kier alpha value is -2.40. The number of aromatic nitrogens is 3. The van der Waals surface area contributed by atoms with E-state index < -0.39 is 0 Å². The number of rotatable bonds is 4. The lowest BCUT2D eigenvalue weighted by atomic mass is 9.92. The van der Waals surface area contributed by atoms with E-state index in [1.807, 2.05) is 37.5 Å². The summed E-state index contributed by atoms with van der Waals surface area (Å²) in [6, 6.07) is 10.00. The summed E-state index contributed by atoms with van der Waals surface area (Å²) in [5.74, 6) is 0.205. The second-order valence-electron chi connectivity index (χ2n) is 4.78. The molecule has 1 unspecified atom stereocenters. The first-order chi connectivity index (χ1) is 9.78. The van der Waals surface area contributed by atoms with Crippen molar-refractivity contribution in [3.63, 3.8) is 0 Å². The molecule has 3 aromatic rings. The molecule has 5 heteroatoms. The van der Waals surface area contributed by atoms with Crippen molar-refractivity contribution in [2.75, 3.05) is 13.6 Å². The van der Waals surface area contributed by atoms with Gasteiger partial charge in [0.05, 0.1) is 11.0 Å². The molecule has 1 aromatic carbocycles. The summed E-state index contributed by atoms with van der Waals surface area (Å²) in [5.41, 5.74) is 3.78. The molecule has 0 aliphatic carbocycles. The average molecular weight is 268 g/mol. The molecule has 1 atom stereocenters. The van der Waals surface area contributed by atoms with E-state index in [0.717, 1.165) is 28.7 Å². The van der Waals surface area contributed by atoms with Gasteiger partial charge in [-0.15, -0.1) is 0 Å². The molecule has 0 spiro atoms. The van der Waals surface area contributed by atoms with Crippen molar-refractivity contribution in [3.05, 3.63) is 64.3 Å². The number of nitrogens with zero attached hydrogens (tertiary/aromatic N) is 1. The maximum Gasteiger partial charge on any atom is 0.323 e. The van der Waals surface area contributed by atoms with Crippen LogP contribution in [0.4, 0.5) is 0 Å². The van der Waals surface area contributed by atoms with Gasteiger partial charge in [0.25, 0.3) is 0 Å². The second kappa shape index (κ2) is 5.30. The lowest BCUT2D eigenvalue weighted by molar-refractivity contribution is 0.706. The number of imidazole rings is 1. The lowest BCUT2D eigenvalue weighted by Crippen LogP contribution is -2.18. The van der Waals surface area contributed by atoms with E-state index in [9.17, 15) is 4.79 Å². The zero-order valence-corrected chi connectivity index (χ0v) is 11.2. The van der Waals surface area contributed by atoms with Gasteiger partial charge in [0.2, 0.25) is 0 Å². The molecule has 0 aliphatic rings. The summed E-state index contributed by atoms with van der Waals surface area (Å²) in [6.07, 6.45) is 3.65. The molecule has 102 valence electrons. The fourth-order valence-corrected chi connectivity index (χ4v) is 2.48. The monoisotopic (exact) mass is 268 g/mol. The molecule has 2 heterocycles. The van der Waals surface area contributed by atoms with Crippen LogP contribution in [0, 0.1) is 0 Å². The van der Waals surface area contributed by atoms with Crippen LogP contribution in [0.5, 0.6) is 0 Å². The first-order valence-corrected chi connectivity index (χ1v) is 6.54. The maximum atomic E-state index is 11.3. The Morgan fingerprint density at radius 2 is 2.05 bits per heavy atom. The fourth-order valence-electron chi connectivity index (χ4n) is 2.48. The van der Waals surface area contributed by atoms with Crippen molar-refractivity contribution in [1.82, 2.24) is 20.3 Å². The Morgan fingerprint density at radius 1 is 1.20 bits per heavy atom. The van der Waals surface area contributed by atoms with Crippen LogP contribution in [0.1, 0.15) is 17.0 Å². The smallest absolute Gasteiger partial charge is 0.319 e. The summed E-state index contributed by atoms with van der Waals surface area (Å²) in [4.78, 5) is 21.1. The van der Waals surface area contributed by atoms with E-state index in [1.165, 1.54) is 0 Å². The number of likely N-dealkylation sites (N-methyl/N-ethyl adjacent to an activating group) is 1. The van der Waals surface area contributed by atoms with E-state index in [4.69, 9.17) is 0 Å². The second-order valence-corrected chi connectivity index (χ2v) is 4.78. The van der Waals surface area contributed by atoms with Gasteiger partial charge in [-0.2, -0.15) is 0 Å². The van der Waals surface area contributed by atoms with Gasteiger partial charge >= 0.3 is 5.69 Å². The van der Waals surface area contributed by atoms with Gasteiger partial charge in [-0.05, 0) is 36.4 Å². The third-order valence-electron chi connectivity index (χ3n) is 3.44. The Kier molecular flexibility index (Phi) is 3.35. The predicted octanol–water partition coefficient (Wildman–Crippen LogP) is 1.60. The minimum atomic E-state index is -0.177. The molecule has 0 fully saturated rings. The fraction of sp³-hybridized carbons (Fsp3) is 0.200. The van der Waals surface area contributed by atoms with Crippen LogP contribution in [0.25, 0.3) is 11.0 Å². The molecule has 0 amide bonds. The summed E-state index contributed by atoms with van der Waals surface area (Å²) in [6.45, 7) is 0.811. The molecule has 0 saturated heterocycles. The maximum absolute atomic E-state index is 11.3. The minimum Gasteiger partial charge on any atom is -0.319 e. The molecule has 3 rings (SSSR count). The summed E-state index contributed by atoms with van der Waals surface area (Å²) < 4.78 is 0. The number of pyridine rings is 1. The van der Waals surface area contributed by atoms with Crippen molar-refractivity contribution in [2.45, 2.75) is 5.92 Å². The number of benzene rings is 1. The van der Waals surface area contributed by atoms with Gasteiger partial charge in [0.1, 0.15) is 0 Å². The van der Waals surface area contributed by atoms with E-state index in [-0.39, 0.29) is 11.6 Å². The van der Waals surface area contributed by atoms with E-state index >= 15 is 0 Å². The quantitative estimate of drug-likeness (QED) is 0.673. The molecule has 0 aliphatic heterocycles. The molecular formula is C15H16N4O. The molecule has 0 radical (unpaired) electrons. The largest absolute Gasteiger partial charge is 0.323 e. The van der Waals surface area contributed by atoms with Gasteiger partial charge in [-0.25, -0.2) is 4.79 Å². The standard InChI is InChI=1S/C15H16N4O/c1-16-9-12(11-3-2-6-17-8-11)10-4-5-13-14(7-10)19-15(20)18-13/h2-8,12,16H,9H2,1H3,(H2,18,19,20). The highest BCUT2D eigenvalue weighted by Crippen LogP contribution is 2.25. The third-order valence-corrected chi connectivity index (χ3v) is 3.44. The molecule has 20 heavy (non-hydrogen) atoms. The average Bonchev–Trinajstić information content (AvgIpc) is 2.84. The normalized spacial score (nSPS) is 12.7. The molecule has 5 nitrogen and oxygen atoms in total. The van der Waals surface area contributed by atoms with Crippen LogP contribution < -0.4 is 11.0 Å². The number of nitrogens with one attached hydrogen (secondary N) is 3. The third kappa shape index (κ3) is 2.35. The highest BCUT2D eigenvalue weighted by Gasteiger charge is 2.14. The SMILES string of the molecule is CNCC(c1cccnc1)c1ccc2[nH]c(=O)[nH]c2c1. The number of hydrogen-bond acceptors (Lipinski definition) is 3. The van der Waals surface area contributed by atoms with Crippen LogP contribution >= 0.6 is 0 Å². The Labute approximate surface area is 116 Å². The number of aromatic amines is 2. The molecule has 0 saturated carbocycles. The van der Waals surface area contributed by atoms with E-state index in [2.05, 4.69) is 26.3 Å². The summed E-state index contributed by atoms with van der Waals surface area (Å²) >= 11 is 0. The van der Waals surface area contributed by atoms with E-state index in [1.54, 1.807) is 6.20 Å². The van der Waals surface area contributed by atoms with Gasteiger partial charge in [0, 0.05) is 24.9 Å². The minimum absolute atomic E-state index is 0.177. The van der Waals surface area contributed by atoms with Gasteiger partial charge in [-0.3, -0.25) is 4.98 Å². The van der Waals surface area contributed by atoms with Gasteiger partial charge in [0.15, 0.2) is 0 Å². The Bertz CT molecular complexity index is 760. The predicted molar refractivity (Wildman–Crippen MR) is 78.9 cm³/mol. The van der Waals surface area contributed by atoms with Crippen LogP contribution in [-0.2, 0) is 0 Å². The highest BCUT2D eigenvalue weighted by molar-refractivity contribution is 5.75. The molecule has 0 bridgehead atoms. The molecule has 3 N–H and O–H groups in total. The van der Waals surface area contributed by atoms with Gasteiger partial charge in [-0.1, -0.05) is 12.1 Å². The number of hydrogen-bond donors (Lipinski definition) is 3. The Morgan fingerprint density at radius 3 is 2.80 bits per heavy atom. The van der Waals surface area contributed by atoms with Crippen LogP contribution in [0.15, 0.2) is 47.5 Å². The summed E-state index contributed by atoms with van der Waals surface area (Å²) in [5, 5.41) is 3.21. The van der Waals surface area contributed by atoms with Gasteiger partial charge < -0.3 is 15.3 Å². The van der Waals surface area contributed by atoms with Crippen LogP contribution in [-0.4, -0.2) is 28.5 Å². The zero-order chi connectivity index (χ0) is 13.9. The number of H-pyrrole nitrogens is 2. The first-order valence-electron chi connectivity index (χ1n) is 6.54. The first kappa shape index (κ1) is 12.6. The topological polar surface area (TPSA) is 73.6 Å². The van der Waals surface area contributed by atoms with Crippen molar-refractivity contribution in [2.24, 2.45) is 0 Å². The van der Waals surface area contributed by atoms with Crippen molar-refractivity contribution in [3.8, 4) is 0 Å².